The summed E-state index contributed by atoms with van der Waals surface area (Å²) < 4.78 is 12.4. The molecule has 1 aromatic heterocycles. The molecule has 1 amide bonds. The van der Waals surface area contributed by atoms with E-state index in [1.54, 1.807) is 19.1 Å². The number of nitrogens with zero attached hydrogens (tertiary/aromatic N) is 4. The Balaban J connectivity index is 1.45. The van der Waals surface area contributed by atoms with Crippen LogP contribution in [0.25, 0.3) is 23.0 Å². The molecule has 1 aliphatic heterocycles. The topological polar surface area (TPSA) is 69.0 Å². The van der Waals surface area contributed by atoms with Gasteiger partial charge in [-0.25, -0.2) is 9.67 Å². The van der Waals surface area contributed by atoms with E-state index in [0.717, 1.165) is 28.3 Å². The predicted molar refractivity (Wildman–Crippen MR) is 170 cm³/mol. The lowest BCUT2D eigenvalue weighted by atomic mass is 10.1. The van der Waals surface area contributed by atoms with Crippen LogP contribution in [0.3, 0.4) is 0 Å². The Morgan fingerprint density at radius 3 is 2.10 bits per heavy atom. The average molecular weight is 593 g/mol. The molecule has 208 valence electrons. The van der Waals surface area contributed by atoms with Gasteiger partial charge in [0, 0.05) is 22.3 Å². The monoisotopic (exact) mass is 592 g/mol. The number of benzene rings is 4. The quantitative estimate of drug-likeness (QED) is 0.179. The van der Waals surface area contributed by atoms with E-state index in [2.05, 4.69) is 0 Å². The zero-order valence-electron chi connectivity index (χ0n) is 22.8. The van der Waals surface area contributed by atoms with Crippen LogP contribution in [0.5, 0.6) is 11.5 Å². The summed E-state index contributed by atoms with van der Waals surface area (Å²) >= 11 is 7.48. The largest absolute Gasteiger partial charge is 0.497 e. The van der Waals surface area contributed by atoms with Crippen molar-refractivity contribution in [2.24, 2.45) is 4.99 Å². The second-order valence-corrected chi connectivity index (χ2v) is 10.7. The van der Waals surface area contributed by atoms with Gasteiger partial charge in [-0.05, 0) is 90.6 Å². The van der Waals surface area contributed by atoms with E-state index >= 15 is 0 Å². The number of aliphatic imine (C=N–C) groups is 1. The predicted octanol–water partition coefficient (Wildman–Crippen LogP) is 8.02. The van der Waals surface area contributed by atoms with E-state index in [-0.39, 0.29) is 5.91 Å². The van der Waals surface area contributed by atoms with Gasteiger partial charge in [0.1, 0.15) is 11.5 Å². The molecule has 0 saturated carbocycles. The first-order valence-corrected chi connectivity index (χ1v) is 14.2. The third kappa shape index (κ3) is 5.68. The first-order chi connectivity index (χ1) is 20.5. The summed E-state index contributed by atoms with van der Waals surface area (Å²) in [6, 6.07) is 32.1. The van der Waals surface area contributed by atoms with E-state index in [1.165, 1.54) is 11.8 Å². The van der Waals surface area contributed by atoms with E-state index in [0.29, 0.717) is 32.2 Å². The number of hydrogen-bond acceptors (Lipinski definition) is 6. The van der Waals surface area contributed by atoms with Crippen LogP contribution >= 0.6 is 23.4 Å². The number of thioether (sulfide) groups is 1. The fraction of sp³-hybridized carbons (Fsp3) is 0.0606. The van der Waals surface area contributed by atoms with Gasteiger partial charge in [-0.2, -0.15) is 5.10 Å². The Kier molecular flexibility index (Phi) is 7.81. The maximum Gasteiger partial charge on any atom is 0.271 e. The number of carbonyl (C=O) groups excluding carboxylic acids is 1. The van der Waals surface area contributed by atoms with Crippen LogP contribution in [0.2, 0.25) is 5.02 Å². The van der Waals surface area contributed by atoms with Crippen LogP contribution in [0.4, 0.5) is 11.4 Å². The fourth-order valence-corrected chi connectivity index (χ4v) is 5.57. The van der Waals surface area contributed by atoms with Gasteiger partial charge >= 0.3 is 0 Å². The van der Waals surface area contributed by atoms with Crippen molar-refractivity contribution < 1.29 is 14.3 Å². The molecular formula is C33H25ClN4O3S. The molecule has 42 heavy (non-hydrogen) atoms. The number of amides is 1. The van der Waals surface area contributed by atoms with Crippen LogP contribution in [-0.4, -0.2) is 35.1 Å². The normalized spacial score (nSPS) is 15.0. The number of carbonyl (C=O) groups is 1. The Morgan fingerprint density at radius 1 is 0.810 bits per heavy atom. The summed E-state index contributed by atoms with van der Waals surface area (Å²) in [5.74, 6) is 1.24. The van der Waals surface area contributed by atoms with Crippen molar-refractivity contribution in [2.45, 2.75) is 0 Å². The number of amidine groups is 1. The van der Waals surface area contributed by atoms with Crippen LogP contribution in [0.1, 0.15) is 5.56 Å². The third-order valence-corrected chi connectivity index (χ3v) is 7.82. The summed E-state index contributed by atoms with van der Waals surface area (Å²) in [7, 11) is 3.23. The van der Waals surface area contributed by atoms with Crippen molar-refractivity contribution in [1.29, 1.82) is 0 Å². The summed E-state index contributed by atoms with van der Waals surface area (Å²) in [5, 5.41) is 6.05. The van der Waals surface area contributed by atoms with Crippen molar-refractivity contribution in [2.75, 3.05) is 19.1 Å². The molecular weight excluding hydrogens is 568 g/mol. The SMILES string of the molecule is COc1ccc(N=C2SC(=Cc3cn(-c4ccccc4)nc3-c3ccc(Cl)cc3)C(=O)N2c2ccc(OC)cc2)cc1. The number of para-hydroxylation sites is 1. The van der Waals surface area contributed by atoms with Gasteiger partial charge in [0.25, 0.3) is 5.91 Å². The van der Waals surface area contributed by atoms with Crippen LogP contribution in [0, 0.1) is 0 Å². The average Bonchev–Trinajstić information content (AvgIpc) is 3.59. The smallest absolute Gasteiger partial charge is 0.271 e. The van der Waals surface area contributed by atoms with Gasteiger partial charge in [0.15, 0.2) is 5.17 Å². The number of ether oxygens (including phenoxy) is 2. The molecule has 0 aliphatic carbocycles. The second-order valence-electron chi connectivity index (χ2n) is 9.26. The Labute approximate surface area is 252 Å². The third-order valence-electron chi connectivity index (χ3n) is 6.60. The van der Waals surface area contributed by atoms with E-state index in [4.69, 9.17) is 31.2 Å². The van der Waals surface area contributed by atoms with E-state index in [9.17, 15) is 4.79 Å². The molecule has 1 fully saturated rings. The number of aromatic nitrogens is 2. The van der Waals surface area contributed by atoms with Crippen molar-refractivity contribution in [1.82, 2.24) is 9.78 Å². The number of anilines is 1. The van der Waals surface area contributed by atoms with Crippen molar-refractivity contribution >= 4 is 51.9 Å². The van der Waals surface area contributed by atoms with Gasteiger partial charge in [0.05, 0.1) is 41.9 Å². The minimum Gasteiger partial charge on any atom is -0.497 e. The maximum absolute atomic E-state index is 14.0. The lowest BCUT2D eigenvalue weighted by molar-refractivity contribution is -0.113. The summed E-state index contributed by atoms with van der Waals surface area (Å²) in [5.41, 5.74) is 4.69. The highest BCUT2D eigenvalue weighted by atomic mass is 35.5. The van der Waals surface area contributed by atoms with Gasteiger partial charge in [-0.15, -0.1) is 0 Å². The molecule has 2 heterocycles. The molecule has 7 nitrogen and oxygen atoms in total. The molecule has 5 aromatic rings. The van der Waals surface area contributed by atoms with Gasteiger partial charge < -0.3 is 9.47 Å². The van der Waals surface area contributed by atoms with Crippen LogP contribution in [0.15, 0.2) is 119 Å². The number of rotatable bonds is 7. The molecule has 4 aromatic carbocycles. The van der Waals surface area contributed by atoms with Crippen LogP contribution < -0.4 is 14.4 Å². The highest BCUT2D eigenvalue weighted by molar-refractivity contribution is 8.19. The molecule has 9 heteroatoms. The molecule has 0 radical (unpaired) electrons. The number of methoxy groups -OCH3 is 2. The van der Waals surface area contributed by atoms with Gasteiger partial charge in [-0.3, -0.25) is 9.69 Å². The first kappa shape index (κ1) is 27.4. The minimum absolute atomic E-state index is 0.188. The molecule has 0 bridgehead atoms. The number of halogens is 1. The van der Waals surface area contributed by atoms with E-state index in [1.807, 2.05) is 120 Å². The second kappa shape index (κ2) is 12.0. The zero-order valence-corrected chi connectivity index (χ0v) is 24.3. The maximum atomic E-state index is 14.0. The lowest BCUT2D eigenvalue weighted by Gasteiger charge is -2.16. The highest BCUT2D eigenvalue weighted by Gasteiger charge is 2.35. The molecule has 0 spiro atoms. The molecule has 6 rings (SSSR count). The summed E-state index contributed by atoms with van der Waals surface area (Å²) in [6.07, 6.45) is 3.80. The highest BCUT2D eigenvalue weighted by Crippen LogP contribution is 2.39. The summed E-state index contributed by atoms with van der Waals surface area (Å²) in [6.45, 7) is 0. The van der Waals surface area contributed by atoms with E-state index < -0.39 is 0 Å². The van der Waals surface area contributed by atoms with Gasteiger partial charge in [0.2, 0.25) is 0 Å². The van der Waals surface area contributed by atoms with Crippen molar-refractivity contribution in [3.8, 4) is 28.4 Å². The number of hydrogen-bond donors (Lipinski definition) is 0. The van der Waals surface area contributed by atoms with Crippen LogP contribution in [-0.2, 0) is 4.79 Å². The molecule has 1 aliphatic rings. The molecule has 1 saturated heterocycles. The zero-order chi connectivity index (χ0) is 29.1. The minimum atomic E-state index is -0.188. The first-order valence-electron chi connectivity index (χ1n) is 13.0. The molecule has 0 atom stereocenters. The lowest BCUT2D eigenvalue weighted by Crippen LogP contribution is -2.28. The molecule has 0 N–H and O–H groups in total. The van der Waals surface area contributed by atoms with Crippen molar-refractivity contribution in [3.63, 3.8) is 0 Å². The molecule has 0 unspecified atom stereocenters. The Hall–Kier alpha value is -4.79. The summed E-state index contributed by atoms with van der Waals surface area (Å²) in [4.78, 5) is 21.0. The van der Waals surface area contributed by atoms with Gasteiger partial charge in [-0.1, -0.05) is 41.9 Å². The standard InChI is InChI=1S/C33H25ClN4O3S/c1-40-28-16-12-25(13-17-28)35-33-38(27-14-18-29(41-2)19-15-27)32(39)30(42-33)20-23-21-37(26-6-4-3-5-7-26)36-31(23)22-8-10-24(34)11-9-22/h3-21H,1-2H3. The van der Waals surface area contributed by atoms with Crippen molar-refractivity contribution in [3.05, 3.63) is 125 Å². The Bertz CT molecular complexity index is 1780. The Morgan fingerprint density at radius 2 is 1.45 bits per heavy atom. The fourth-order valence-electron chi connectivity index (χ4n) is 4.45.